The van der Waals surface area contributed by atoms with Crippen LogP contribution in [-0.2, 0) is 0 Å². The van der Waals surface area contributed by atoms with Crippen LogP contribution < -0.4 is 5.32 Å². The lowest BCUT2D eigenvalue weighted by molar-refractivity contribution is 0.135. The van der Waals surface area contributed by atoms with Gasteiger partial charge in [0.25, 0.3) is 0 Å². The second-order valence-corrected chi connectivity index (χ2v) is 1.41. The van der Waals surface area contributed by atoms with Crippen molar-refractivity contribution in [1.29, 1.82) is 0 Å². The Balaban J connectivity index is 3.01. The van der Waals surface area contributed by atoms with Crippen LogP contribution in [0.4, 0.5) is 13.6 Å². The molecule has 0 aliphatic carbocycles. The quantitative estimate of drug-likeness (QED) is 0.610. The summed E-state index contributed by atoms with van der Waals surface area (Å²) in [6.07, 6.45) is -4.13. The third-order valence-electron chi connectivity index (χ3n) is 0.639. The van der Waals surface area contributed by atoms with Gasteiger partial charge in [-0.15, -0.1) is 0 Å². The van der Waals surface area contributed by atoms with Gasteiger partial charge >= 0.3 is 6.09 Å². The van der Waals surface area contributed by atoms with E-state index in [0.717, 1.165) is 0 Å². The molecule has 0 aromatic carbocycles. The lowest BCUT2D eigenvalue weighted by atomic mass is 10.4. The van der Waals surface area contributed by atoms with E-state index >= 15 is 0 Å². The molecule has 1 amide bonds. The van der Waals surface area contributed by atoms with Crippen LogP contribution in [-0.4, -0.2) is 24.2 Å². The summed E-state index contributed by atoms with van der Waals surface area (Å²) in [7, 11) is 0. The van der Waals surface area contributed by atoms with E-state index in [1.807, 2.05) is 5.32 Å². The molecule has 9 heavy (non-hydrogen) atoms. The maximum Gasteiger partial charge on any atom is 0.404 e. The third kappa shape index (κ3) is 7.13. The van der Waals surface area contributed by atoms with Crippen LogP contribution in [0.3, 0.4) is 0 Å². The molecule has 0 fully saturated rings. The van der Waals surface area contributed by atoms with Crippen LogP contribution >= 0.6 is 0 Å². The van der Waals surface area contributed by atoms with Gasteiger partial charge in [-0.3, -0.25) is 0 Å². The van der Waals surface area contributed by atoms with Crippen molar-refractivity contribution in [2.24, 2.45) is 0 Å². The van der Waals surface area contributed by atoms with Crippen LogP contribution in [0.25, 0.3) is 0 Å². The van der Waals surface area contributed by atoms with Gasteiger partial charge in [-0.05, 0) is 0 Å². The molecule has 0 spiro atoms. The van der Waals surface area contributed by atoms with E-state index in [4.69, 9.17) is 5.11 Å². The second kappa shape index (κ2) is 4.05. The summed E-state index contributed by atoms with van der Waals surface area (Å²) in [6, 6.07) is 0. The number of alkyl halides is 2. The standard InChI is InChI=1S/C4H7F2NO2/c5-3(6)1-2-7-4(8)9/h3,7H,1-2H2,(H,8,9). The molecule has 0 aromatic heterocycles. The molecule has 0 rings (SSSR count). The maximum absolute atomic E-state index is 11.3. The lowest BCUT2D eigenvalue weighted by Crippen LogP contribution is -2.23. The smallest absolute Gasteiger partial charge is 0.404 e. The maximum atomic E-state index is 11.3. The molecule has 0 radical (unpaired) electrons. The number of nitrogens with one attached hydrogen (secondary N) is 1. The molecule has 0 unspecified atom stereocenters. The minimum absolute atomic E-state index is 0.188. The summed E-state index contributed by atoms with van der Waals surface area (Å²) in [5.41, 5.74) is 0. The first-order chi connectivity index (χ1) is 4.13. The van der Waals surface area contributed by atoms with Crippen molar-refractivity contribution in [3.05, 3.63) is 0 Å². The molecule has 0 saturated carbocycles. The highest BCUT2D eigenvalue weighted by atomic mass is 19.3. The molecule has 0 atom stereocenters. The zero-order valence-corrected chi connectivity index (χ0v) is 4.60. The van der Waals surface area contributed by atoms with Crippen molar-refractivity contribution in [1.82, 2.24) is 5.32 Å². The van der Waals surface area contributed by atoms with E-state index in [-0.39, 0.29) is 6.54 Å². The van der Waals surface area contributed by atoms with Gasteiger partial charge in [0, 0.05) is 13.0 Å². The summed E-state index contributed by atoms with van der Waals surface area (Å²) < 4.78 is 22.5. The van der Waals surface area contributed by atoms with E-state index in [0.29, 0.717) is 0 Å². The van der Waals surface area contributed by atoms with Crippen LogP contribution in [0.5, 0.6) is 0 Å². The highest BCUT2D eigenvalue weighted by molar-refractivity contribution is 5.64. The van der Waals surface area contributed by atoms with Gasteiger partial charge in [0.05, 0.1) is 0 Å². The van der Waals surface area contributed by atoms with Crippen molar-refractivity contribution in [3.63, 3.8) is 0 Å². The average Bonchev–Trinajstić information content (AvgIpc) is 1.63. The summed E-state index contributed by atoms with van der Waals surface area (Å²) >= 11 is 0. The molecule has 0 aliphatic rings. The van der Waals surface area contributed by atoms with Crippen LogP contribution in [0, 0.1) is 0 Å². The molecular weight excluding hydrogens is 132 g/mol. The van der Waals surface area contributed by atoms with E-state index in [1.54, 1.807) is 0 Å². The van der Waals surface area contributed by atoms with Gasteiger partial charge in [0.2, 0.25) is 6.43 Å². The molecule has 0 aromatic rings. The number of rotatable bonds is 3. The van der Waals surface area contributed by atoms with Gasteiger partial charge in [-0.1, -0.05) is 0 Å². The summed E-state index contributed by atoms with van der Waals surface area (Å²) in [5, 5.41) is 9.68. The highest BCUT2D eigenvalue weighted by Gasteiger charge is 2.01. The Morgan fingerprint density at radius 2 is 2.22 bits per heavy atom. The molecule has 0 saturated heterocycles. The van der Waals surface area contributed by atoms with Crippen molar-refractivity contribution < 1.29 is 18.7 Å². The molecule has 3 nitrogen and oxygen atoms in total. The Morgan fingerprint density at radius 3 is 2.56 bits per heavy atom. The first-order valence-corrected chi connectivity index (χ1v) is 2.38. The van der Waals surface area contributed by atoms with E-state index in [2.05, 4.69) is 0 Å². The van der Waals surface area contributed by atoms with Crippen molar-refractivity contribution >= 4 is 6.09 Å². The fourth-order valence-electron chi connectivity index (χ4n) is 0.288. The SMILES string of the molecule is O=C(O)NCCC(F)F. The van der Waals surface area contributed by atoms with E-state index in [1.165, 1.54) is 0 Å². The highest BCUT2D eigenvalue weighted by Crippen LogP contribution is 1.95. The summed E-state index contributed by atoms with van der Waals surface area (Å²) in [5.74, 6) is 0. The number of halogens is 2. The van der Waals surface area contributed by atoms with Crippen molar-refractivity contribution in [2.45, 2.75) is 12.8 Å². The summed E-state index contributed by atoms with van der Waals surface area (Å²) in [4.78, 5) is 9.62. The minimum atomic E-state index is -2.43. The Labute approximate surface area is 50.7 Å². The normalized spacial score (nSPS) is 9.67. The number of carbonyl (C=O) groups is 1. The molecule has 0 heterocycles. The van der Waals surface area contributed by atoms with Crippen LogP contribution in [0.2, 0.25) is 0 Å². The molecule has 5 heteroatoms. The van der Waals surface area contributed by atoms with Gasteiger partial charge in [-0.25, -0.2) is 13.6 Å². The zero-order chi connectivity index (χ0) is 7.28. The van der Waals surface area contributed by atoms with Gasteiger partial charge in [0.1, 0.15) is 0 Å². The summed E-state index contributed by atoms with van der Waals surface area (Å²) in [6.45, 7) is -0.188. The van der Waals surface area contributed by atoms with Crippen LogP contribution in [0.15, 0.2) is 0 Å². The minimum Gasteiger partial charge on any atom is -0.465 e. The number of amides is 1. The van der Waals surface area contributed by atoms with Gasteiger partial charge in [-0.2, -0.15) is 0 Å². The molecule has 54 valence electrons. The lowest BCUT2D eigenvalue weighted by Gasteiger charge is -1.97. The van der Waals surface area contributed by atoms with Gasteiger partial charge < -0.3 is 10.4 Å². The van der Waals surface area contributed by atoms with Gasteiger partial charge in [0.15, 0.2) is 0 Å². The Morgan fingerprint density at radius 1 is 1.67 bits per heavy atom. The number of carboxylic acid groups (broad SMARTS) is 1. The first kappa shape index (κ1) is 8.13. The fraction of sp³-hybridized carbons (Fsp3) is 0.750. The number of hydrogen-bond acceptors (Lipinski definition) is 1. The van der Waals surface area contributed by atoms with E-state index in [9.17, 15) is 13.6 Å². The first-order valence-electron chi connectivity index (χ1n) is 2.38. The van der Waals surface area contributed by atoms with Crippen molar-refractivity contribution in [2.75, 3.05) is 6.54 Å². The molecule has 0 bridgehead atoms. The number of hydrogen-bond donors (Lipinski definition) is 2. The molecule has 0 aliphatic heterocycles. The third-order valence-corrected chi connectivity index (χ3v) is 0.639. The predicted molar refractivity (Wildman–Crippen MR) is 26.6 cm³/mol. The monoisotopic (exact) mass is 139 g/mol. The topological polar surface area (TPSA) is 49.3 Å². The molecule has 2 N–H and O–H groups in total. The fourth-order valence-corrected chi connectivity index (χ4v) is 0.288. The second-order valence-electron chi connectivity index (χ2n) is 1.41. The molecular formula is C4H7F2NO2. The Hall–Kier alpha value is -0.870. The average molecular weight is 139 g/mol. The Kier molecular flexibility index (Phi) is 3.66. The predicted octanol–water partition coefficient (Wildman–Crippen LogP) is 0.909. The van der Waals surface area contributed by atoms with E-state index < -0.39 is 18.9 Å². The Bertz CT molecular complexity index is 96.6. The largest absolute Gasteiger partial charge is 0.465 e. The van der Waals surface area contributed by atoms with Crippen molar-refractivity contribution in [3.8, 4) is 0 Å². The zero-order valence-electron chi connectivity index (χ0n) is 4.60. The van der Waals surface area contributed by atoms with Crippen LogP contribution in [0.1, 0.15) is 6.42 Å².